The number of benzene rings is 1. The van der Waals surface area contributed by atoms with Crippen molar-refractivity contribution in [2.24, 2.45) is 11.8 Å². The smallest absolute Gasteiger partial charge is 0.0504 e. The largest absolute Gasteiger partial charge is 0.396 e. The maximum atomic E-state index is 9.66. The third kappa shape index (κ3) is 2.19. The Morgan fingerprint density at radius 3 is 3.00 bits per heavy atom. The summed E-state index contributed by atoms with van der Waals surface area (Å²) in [6.45, 7) is 4.92. The summed E-state index contributed by atoms with van der Waals surface area (Å²) in [5.74, 6) is 1.13. The zero-order valence-electron chi connectivity index (χ0n) is 13.4. The topological polar surface area (TPSA) is 39.3 Å². The molecule has 3 heterocycles. The second kappa shape index (κ2) is 5.71. The predicted molar refractivity (Wildman–Crippen MR) is 89.9 cm³/mol. The maximum Gasteiger partial charge on any atom is 0.0504 e. The number of rotatable bonds is 3. The fourth-order valence-corrected chi connectivity index (χ4v) is 4.68. The molecule has 1 saturated heterocycles. The van der Waals surface area contributed by atoms with Crippen LogP contribution in [0.25, 0.3) is 10.9 Å². The van der Waals surface area contributed by atoms with E-state index in [2.05, 4.69) is 41.1 Å². The highest BCUT2D eigenvalue weighted by atomic mass is 16.3. The molecule has 3 heteroatoms. The highest BCUT2D eigenvalue weighted by molar-refractivity contribution is 5.85. The van der Waals surface area contributed by atoms with E-state index in [1.54, 1.807) is 0 Å². The molecule has 2 aliphatic rings. The van der Waals surface area contributed by atoms with Gasteiger partial charge >= 0.3 is 0 Å². The van der Waals surface area contributed by atoms with Crippen molar-refractivity contribution >= 4 is 10.9 Å². The van der Waals surface area contributed by atoms with Gasteiger partial charge in [0.25, 0.3) is 0 Å². The predicted octanol–water partition coefficient (Wildman–Crippen LogP) is 3.50. The number of hydrogen-bond acceptors (Lipinski definition) is 2. The summed E-state index contributed by atoms with van der Waals surface area (Å²) >= 11 is 0. The van der Waals surface area contributed by atoms with Crippen molar-refractivity contribution in [3.05, 3.63) is 35.5 Å². The third-order valence-electron chi connectivity index (χ3n) is 6.01. The van der Waals surface area contributed by atoms with Crippen molar-refractivity contribution < 1.29 is 5.11 Å². The molecule has 4 rings (SSSR count). The van der Waals surface area contributed by atoms with Gasteiger partial charge in [0.15, 0.2) is 0 Å². The first kappa shape index (κ1) is 14.3. The molecule has 0 saturated carbocycles. The van der Waals surface area contributed by atoms with Gasteiger partial charge in [-0.05, 0) is 49.3 Å². The van der Waals surface area contributed by atoms with E-state index in [1.165, 1.54) is 48.1 Å². The van der Waals surface area contributed by atoms with Crippen LogP contribution in [0, 0.1) is 11.8 Å². The van der Waals surface area contributed by atoms with Crippen LogP contribution in [-0.2, 0) is 6.42 Å². The molecule has 2 N–H and O–H groups in total. The van der Waals surface area contributed by atoms with Crippen LogP contribution in [0.2, 0.25) is 0 Å². The minimum atomic E-state index is 0.341. The molecule has 2 aliphatic heterocycles. The summed E-state index contributed by atoms with van der Waals surface area (Å²) in [6.07, 6.45) is 4.69. The highest BCUT2D eigenvalue weighted by Gasteiger charge is 2.37. The standard InChI is InChI=1S/C19H26N2O/c1-2-13(12-22)14-7-9-21-10-8-16-15-5-3-4-6-17(15)20-19(16)18(21)11-14/h3-6,13-14,18,20,22H,2,7-12H2,1H3/t13?,14-,18+/m0/s1. The lowest BCUT2D eigenvalue weighted by atomic mass is 9.77. The van der Waals surface area contributed by atoms with E-state index in [4.69, 9.17) is 0 Å². The maximum absolute atomic E-state index is 9.66. The molecule has 0 radical (unpaired) electrons. The van der Waals surface area contributed by atoms with E-state index in [0.717, 1.165) is 12.8 Å². The van der Waals surface area contributed by atoms with Crippen LogP contribution < -0.4 is 0 Å². The molecule has 1 aromatic heterocycles. The lowest BCUT2D eigenvalue weighted by Crippen LogP contribution is -2.43. The van der Waals surface area contributed by atoms with Gasteiger partial charge in [-0.25, -0.2) is 0 Å². The second-order valence-corrected chi connectivity index (χ2v) is 7.00. The first-order valence-electron chi connectivity index (χ1n) is 8.76. The summed E-state index contributed by atoms with van der Waals surface area (Å²) < 4.78 is 0. The molecule has 1 aromatic carbocycles. The van der Waals surface area contributed by atoms with Gasteiger partial charge < -0.3 is 10.1 Å². The summed E-state index contributed by atoms with van der Waals surface area (Å²) in [4.78, 5) is 6.36. The van der Waals surface area contributed by atoms with E-state index < -0.39 is 0 Å². The van der Waals surface area contributed by atoms with Crippen LogP contribution in [0.3, 0.4) is 0 Å². The number of para-hydroxylation sites is 1. The Morgan fingerprint density at radius 1 is 1.32 bits per heavy atom. The number of nitrogens with zero attached hydrogens (tertiary/aromatic N) is 1. The van der Waals surface area contributed by atoms with E-state index in [0.29, 0.717) is 24.5 Å². The highest BCUT2D eigenvalue weighted by Crippen LogP contribution is 2.43. The molecule has 3 nitrogen and oxygen atoms in total. The first-order chi connectivity index (χ1) is 10.8. The second-order valence-electron chi connectivity index (χ2n) is 7.00. The zero-order valence-corrected chi connectivity index (χ0v) is 13.4. The summed E-state index contributed by atoms with van der Waals surface area (Å²) in [5.41, 5.74) is 4.27. The molecule has 1 unspecified atom stereocenters. The van der Waals surface area contributed by atoms with E-state index in [1.807, 2.05) is 0 Å². The molecule has 0 aliphatic carbocycles. The molecule has 22 heavy (non-hydrogen) atoms. The number of aliphatic hydroxyl groups is 1. The lowest BCUT2D eigenvalue weighted by molar-refractivity contribution is 0.0557. The van der Waals surface area contributed by atoms with Crippen LogP contribution in [0.5, 0.6) is 0 Å². The van der Waals surface area contributed by atoms with Crippen molar-refractivity contribution in [1.82, 2.24) is 9.88 Å². The average Bonchev–Trinajstić information content (AvgIpc) is 2.95. The Morgan fingerprint density at radius 2 is 2.18 bits per heavy atom. The number of fused-ring (bicyclic) bond motifs is 5. The van der Waals surface area contributed by atoms with E-state index in [-0.39, 0.29) is 0 Å². The average molecular weight is 298 g/mol. The van der Waals surface area contributed by atoms with Crippen molar-refractivity contribution in [3.63, 3.8) is 0 Å². The van der Waals surface area contributed by atoms with Crippen molar-refractivity contribution in [2.75, 3.05) is 19.7 Å². The Kier molecular flexibility index (Phi) is 3.71. The van der Waals surface area contributed by atoms with Gasteiger partial charge in [0.2, 0.25) is 0 Å². The van der Waals surface area contributed by atoms with Crippen LogP contribution in [0.15, 0.2) is 24.3 Å². The number of hydrogen-bond donors (Lipinski definition) is 2. The molecule has 0 bridgehead atoms. The molecule has 1 fully saturated rings. The Hall–Kier alpha value is -1.32. The van der Waals surface area contributed by atoms with Crippen molar-refractivity contribution in [2.45, 2.75) is 38.6 Å². The van der Waals surface area contributed by atoms with Crippen LogP contribution in [0.4, 0.5) is 0 Å². The van der Waals surface area contributed by atoms with E-state index in [9.17, 15) is 5.11 Å². The van der Waals surface area contributed by atoms with Crippen molar-refractivity contribution in [1.29, 1.82) is 0 Å². The zero-order chi connectivity index (χ0) is 15.1. The van der Waals surface area contributed by atoms with Gasteiger partial charge in [0, 0.05) is 29.7 Å². The number of aromatic nitrogens is 1. The Bertz CT molecular complexity index is 658. The minimum absolute atomic E-state index is 0.341. The molecule has 118 valence electrons. The van der Waals surface area contributed by atoms with Gasteiger partial charge in [0.1, 0.15) is 0 Å². The van der Waals surface area contributed by atoms with Crippen molar-refractivity contribution in [3.8, 4) is 0 Å². The van der Waals surface area contributed by atoms with Crippen LogP contribution >= 0.6 is 0 Å². The van der Waals surface area contributed by atoms with E-state index >= 15 is 0 Å². The third-order valence-corrected chi connectivity index (χ3v) is 6.01. The lowest BCUT2D eigenvalue weighted by Gasteiger charge is -2.44. The fourth-order valence-electron chi connectivity index (χ4n) is 4.68. The quantitative estimate of drug-likeness (QED) is 0.910. The molecule has 3 atom stereocenters. The number of piperidine rings is 1. The SMILES string of the molecule is CCC(CO)[C@H]1CCN2CCc3c([nH]c4ccccc34)[C@H]2C1. The molecular formula is C19H26N2O. The van der Waals surface area contributed by atoms with Gasteiger partial charge in [0.05, 0.1) is 6.04 Å². The number of nitrogens with one attached hydrogen (secondary N) is 1. The monoisotopic (exact) mass is 298 g/mol. The molecule has 0 amide bonds. The van der Waals surface area contributed by atoms with Gasteiger partial charge in [-0.1, -0.05) is 31.5 Å². The van der Waals surface area contributed by atoms with Gasteiger partial charge in [-0.3, -0.25) is 4.90 Å². The van der Waals surface area contributed by atoms with Crippen LogP contribution in [0.1, 0.15) is 43.5 Å². The summed E-state index contributed by atoms with van der Waals surface area (Å²) in [6, 6.07) is 9.23. The fraction of sp³-hybridized carbons (Fsp3) is 0.579. The molecule has 2 aromatic rings. The van der Waals surface area contributed by atoms with Gasteiger partial charge in [-0.15, -0.1) is 0 Å². The molecular weight excluding hydrogens is 272 g/mol. The minimum Gasteiger partial charge on any atom is -0.396 e. The number of H-pyrrole nitrogens is 1. The summed E-state index contributed by atoms with van der Waals surface area (Å²) in [7, 11) is 0. The number of aliphatic hydroxyl groups excluding tert-OH is 1. The number of aromatic amines is 1. The van der Waals surface area contributed by atoms with Crippen LogP contribution in [-0.4, -0.2) is 34.7 Å². The molecule has 0 spiro atoms. The van der Waals surface area contributed by atoms with Gasteiger partial charge in [-0.2, -0.15) is 0 Å². The first-order valence-corrected chi connectivity index (χ1v) is 8.76. The Balaban J connectivity index is 1.69. The Labute approximate surface area is 132 Å². The summed E-state index contributed by atoms with van der Waals surface area (Å²) in [5, 5.41) is 11.1. The normalized spacial score (nSPS) is 26.6.